The summed E-state index contributed by atoms with van der Waals surface area (Å²) >= 11 is 0. The van der Waals surface area contributed by atoms with E-state index < -0.39 is 6.36 Å². The number of halogens is 3. The Morgan fingerprint density at radius 2 is 1.74 bits per heavy atom. The second kappa shape index (κ2) is 10.9. The summed E-state index contributed by atoms with van der Waals surface area (Å²) in [5, 5.41) is 16.1. The van der Waals surface area contributed by atoms with Crippen LogP contribution in [0, 0.1) is 12.8 Å². The Labute approximate surface area is 203 Å². The number of aryl methyl sites for hydroxylation is 1. The third-order valence-corrected chi connectivity index (χ3v) is 5.57. The Morgan fingerprint density at radius 3 is 2.34 bits per heavy atom. The fourth-order valence-corrected chi connectivity index (χ4v) is 3.71. The third kappa shape index (κ3) is 7.32. The summed E-state index contributed by atoms with van der Waals surface area (Å²) in [6.07, 6.45) is -4.80. The molecule has 3 rings (SSSR count). The highest BCUT2D eigenvalue weighted by Gasteiger charge is 2.31. The Bertz CT molecular complexity index is 1150. The maximum absolute atomic E-state index is 12.7. The topological polar surface area (TPSA) is 79.3 Å². The molecule has 0 bridgehead atoms. The highest BCUT2D eigenvalue weighted by Crippen LogP contribution is 2.30. The van der Waals surface area contributed by atoms with Gasteiger partial charge in [0, 0.05) is 17.3 Å². The minimum atomic E-state index is -4.80. The van der Waals surface area contributed by atoms with Crippen LogP contribution in [0.1, 0.15) is 44.7 Å². The van der Waals surface area contributed by atoms with Gasteiger partial charge in [0.1, 0.15) is 11.6 Å². The average molecular weight is 489 g/mol. The molecule has 0 saturated carbocycles. The predicted molar refractivity (Wildman–Crippen MR) is 132 cm³/mol. The van der Waals surface area contributed by atoms with E-state index in [0.717, 1.165) is 11.3 Å². The number of ether oxygens (including phenoxy) is 1. The molecule has 35 heavy (non-hydrogen) atoms. The van der Waals surface area contributed by atoms with Gasteiger partial charge in [0.25, 0.3) is 0 Å². The lowest BCUT2D eigenvalue weighted by molar-refractivity contribution is -0.274. The van der Waals surface area contributed by atoms with Gasteiger partial charge in [-0.25, -0.2) is 4.98 Å². The van der Waals surface area contributed by atoms with E-state index in [2.05, 4.69) is 45.3 Å². The lowest BCUT2D eigenvalue weighted by Gasteiger charge is -2.21. The monoisotopic (exact) mass is 488 g/mol. The maximum Gasteiger partial charge on any atom is 0.573 e. The van der Waals surface area contributed by atoms with E-state index in [1.165, 1.54) is 23.8 Å². The highest BCUT2D eigenvalue weighted by molar-refractivity contribution is 5.69. The second-order valence-electron chi connectivity index (χ2n) is 9.07. The van der Waals surface area contributed by atoms with Crippen molar-refractivity contribution in [2.24, 2.45) is 5.92 Å². The number of nitrogens with zero attached hydrogens (tertiary/aromatic N) is 2. The van der Waals surface area contributed by atoms with Gasteiger partial charge in [-0.1, -0.05) is 45.9 Å². The van der Waals surface area contributed by atoms with E-state index in [9.17, 15) is 18.3 Å². The van der Waals surface area contributed by atoms with Crippen molar-refractivity contribution >= 4 is 17.5 Å². The number of anilines is 3. The molecule has 0 fully saturated rings. The molecule has 3 N–H and O–H groups in total. The van der Waals surface area contributed by atoms with Gasteiger partial charge in [-0.05, 0) is 54.2 Å². The summed E-state index contributed by atoms with van der Waals surface area (Å²) in [6, 6.07) is 13.0. The molecule has 0 unspecified atom stereocenters. The molecule has 0 saturated heterocycles. The van der Waals surface area contributed by atoms with E-state index in [1.54, 1.807) is 12.1 Å². The SMILES string of the molecule is Cc1cc(Nc2cc(-c3cccc(OC(F)(F)F)c3)nc(N[C@@H](CO)C(C)C)n2)ccc1C(C)C. The normalized spacial score (nSPS) is 12.7. The van der Waals surface area contributed by atoms with E-state index in [0.29, 0.717) is 23.0 Å². The van der Waals surface area contributed by atoms with Crippen molar-refractivity contribution in [2.75, 3.05) is 17.2 Å². The van der Waals surface area contributed by atoms with Gasteiger partial charge in [0.2, 0.25) is 5.95 Å². The molecule has 0 aliphatic carbocycles. The highest BCUT2D eigenvalue weighted by atomic mass is 19.4. The molecule has 0 aliphatic heterocycles. The number of aromatic nitrogens is 2. The van der Waals surface area contributed by atoms with Crippen LogP contribution >= 0.6 is 0 Å². The molecule has 0 amide bonds. The number of nitrogens with one attached hydrogen (secondary N) is 2. The molecule has 2 aromatic carbocycles. The molecule has 1 heterocycles. The minimum absolute atomic E-state index is 0.0957. The van der Waals surface area contributed by atoms with E-state index in [4.69, 9.17) is 0 Å². The van der Waals surface area contributed by atoms with Crippen LogP contribution in [0.15, 0.2) is 48.5 Å². The summed E-state index contributed by atoms with van der Waals surface area (Å²) in [6.45, 7) is 10.1. The van der Waals surface area contributed by atoms with Crippen molar-refractivity contribution in [3.63, 3.8) is 0 Å². The maximum atomic E-state index is 12.7. The number of rotatable bonds is 9. The van der Waals surface area contributed by atoms with E-state index >= 15 is 0 Å². The molecule has 0 aliphatic rings. The lowest BCUT2D eigenvalue weighted by atomic mass is 9.98. The quantitative estimate of drug-likeness (QED) is 0.313. The number of aliphatic hydroxyl groups is 1. The fraction of sp³-hybridized carbons (Fsp3) is 0.385. The summed E-state index contributed by atoms with van der Waals surface area (Å²) < 4.78 is 42.2. The van der Waals surface area contributed by atoms with Crippen LogP contribution in [0.25, 0.3) is 11.3 Å². The Morgan fingerprint density at radius 1 is 1.00 bits per heavy atom. The van der Waals surface area contributed by atoms with Crippen molar-refractivity contribution in [1.82, 2.24) is 9.97 Å². The molecule has 6 nitrogen and oxygen atoms in total. The Kier molecular flexibility index (Phi) is 8.22. The third-order valence-electron chi connectivity index (χ3n) is 5.57. The van der Waals surface area contributed by atoms with Gasteiger partial charge in [-0.2, -0.15) is 4.98 Å². The zero-order valence-corrected chi connectivity index (χ0v) is 20.4. The molecular weight excluding hydrogens is 457 g/mol. The van der Waals surface area contributed by atoms with Crippen LogP contribution in [0.2, 0.25) is 0 Å². The van der Waals surface area contributed by atoms with Crippen LogP contribution in [0.3, 0.4) is 0 Å². The molecule has 3 aromatic rings. The first-order valence-electron chi connectivity index (χ1n) is 11.5. The summed E-state index contributed by atoms with van der Waals surface area (Å²) in [5.41, 5.74) is 4.02. The van der Waals surface area contributed by atoms with Crippen molar-refractivity contribution in [3.8, 4) is 17.0 Å². The van der Waals surface area contributed by atoms with Crippen molar-refractivity contribution in [1.29, 1.82) is 0 Å². The Balaban J connectivity index is 2.01. The van der Waals surface area contributed by atoms with Gasteiger partial charge in [-0.15, -0.1) is 13.2 Å². The van der Waals surface area contributed by atoms with Gasteiger partial charge in [-0.3, -0.25) is 0 Å². The molecule has 188 valence electrons. The molecule has 0 radical (unpaired) electrons. The number of alkyl halides is 3. The van der Waals surface area contributed by atoms with Crippen LogP contribution in [-0.4, -0.2) is 34.1 Å². The lowest BCUT2D eigenvalue weighted by Crippen LogP contribution is -2.30. The number of hydrogen-bond acceptors (Lipinski definition) is 6. The second-order valence-corrected chi connectivity index (χ2v) is 9.07. The number of aliphatic hydroxyl groups excluding tert-OH is 1. The van der Waals surface area contributed by atoms with E-state index in [-0.39, 0.29) is 30.3 Å². The zero-order chi connectivity index (χ0) is 25.8. The first-order valence-corrected chi connectivity index (χ1v) is 11.5. The van der Waals surface area contributed by atoms with Gasteiger partial charge in [0.15, 0.2) is 0 Å². The van der Waals surface area contributed by atoms with Crippen LogP contribution < -0.4 is 15.4 Å². The first kappa shape index (κ1) is 26.3. The van der Waals surface area contributed by atoms with Crippen LogP contribution in [-0.2, 0) is 0 Å². The molecule has 9 heteroatoms. The van der Waals surface area contributed by atoms with E-state index in [1.807, 2.05) is 32.9 Å². The zero-order valence-electron chi connectivity index (χ0n) is 20.4. The van der Waals surface area contributed by atoms with Gasteiger partial charge in [0.05, 0.1) is 18.3 Å². The van der Waals surface area contributed by atoms with Crippen molar-refractivity contribution in [2.45, 2.75) is 52.9 Å². The average Bonchev–Trinajstić information content (AvgIpc) is 2.76. The number of hydrogen-bond donors (Lipinski definition) is 3. The molecule has 1 aromatic heterocycles. The van der Waals surface area contributed by atoms with Crippen LogP contribution in [0.4, 0.5) is 30.6 Å². The fourth-order valence-electron chi connectivity index (χ4n) is 3.71. The molecular formula is C26H31F3N4O2. The Hall–Kier alpha value is -3.33. The summed E-state index contributed by atoms with van der Waals surface area (Å²) in [7, 11) is 0. The smallest absolute Gasteiger partial charge is 0.406 e. The summed E-state index contributed by atoms with van der Waals surface area (Å²) in [5.74, 6) is 0.849. The minimum Gasteiger partial charge on any atom is -0.406 e. The number of benzene rings is 2. The van der Waals surface area contributed by atoms with Crippen LogP contribution in [0.5, 0.6) is 5.75 Å². The van der Waals surface area contributed by atoms with Gasteiger partial charge >= 0.3 is 6.36 Å². The first-order chi connectivity index (χ1) is 16.4. The summed E-state index contributed by atoms with van der Waals surface area (Å²) in [4.78, 5) is 9.04. The van der Waals surface area contributed by atoms with Crippen molar-refractivity contribution < 1.29 is 23.0 Å². The van der Waals surface area contributed by atoms with Crippen molar-refractivity contribution in [3.05, 3.63) is 59.7 Å². The van der Waals surface area contributed by atoms with Gasteiger partial charge < -0.3 is 20.5 Å². The molecule has 1 atom stereocenters. The predicted octanol–water partition coefficient (Wildman–Crippen LogP) is 6.65. The molecule has 0 spiro atoms. The largest absolute Gasteiger partial charge is 0.573 e. The standard InChI is InChI=1S/C26H31F3N4O2/c1-15(2)21-10-9-19(11-17(21)5)30-24-13-22(31-25(33-24)32-23(14-34)16(3)4)18-7-6-8-20(12-18)35-26(27,28)29/h6-13,15-16,23,34H,14H2,1-5H3,(H2,30,31,32,33)/t23-/m0/s1.